The summed E-state index contributed by atoms with van der Waals surface area (Å²) in [4.78, 5) is 5.55. The number of nitrogens with one attached hydrogen (secondary N) is 1. The molecule has 114 valence electrons. The fourth-order valence-electron chi connectivity index (χ4n) is 3.03. The van der Waals surface area contributed by atoms with Crippen molar-refractivity contribution in [3.05, 3.63) is 47.3 Å². The van der Waals surface area contributed by atoms with E-state index in [2.05, 4.69) is 47.1 Å². The van der Waals surface area contributed by atoms with Crippen molar-refractivity contribution >= 4 is 0 Å². The quantitative estimate of drug-likeness (QED) is 0.945. The molecule has 0 bridgehead atoms. The molecule has 1 N–H and O–H groups in total. The Kier molecular flexibility index (Phi) is 4.28. The predicted molar refractivity (Wildman–Crippen MR) is 86.5 cm³/mol. The van der Waals surface area contributed by atoms with Gasteiger partial charge in [-0.25, -0.2) is 0 Å². The molecule has 0 unspecified atom stereocenters. The van der Waals surface area contributed by atoms with E-state index in [9.17, 15) is 0 Å². The maximum Gasteiger partial charge on any atom is 0.118 e. The Bertz CT molecular complexity index is 675. The smallest absolute Gasteiger partial charge is 0.118 e. The highest BCUT2D eigenvalue weighted by Gasteiger charge is 2.18. The lowest BCUT2D eigenvalue weighted by atomic mass is 10.0. The Balaban J connectivity index is 1.80. The van der Waals surface area contributed by atoms with Crippen molar-refractivity contribution in [2.75, 3.05) is 26.3 Å². The molecule has 1 aromatic heterocycles. The van der Waals surface area contributed by atoms with Crippen LogP contribution >= 0.6 is 0 Å². The van der Waals surface area contributed by atoms with Crippen LogP contribution in [0.3, 0.4) is 0 Å². The molecule has 1 fully saturated rings. The molecule has 1 aromatic carbocycles. The van der Waals surface area contributed by atoms with E-state index < -0.39 is 0 Å². The van der Waals surface area contributed by atoms with Gasteiger partial charge in [0.2, 0.25) is 0 Å². The van der Waals surface area contributed by atoms with Gasteiger partial charge in [0.1, 0.15) is 11.8 Å². The number of aromatic nitrogens is 1. The van der Waals surface area contributed by atoms with Crippen LogP contribution in [0.1, 0.15) is 29.9 Å². The molecular formula is C18H21N3O. The van der Waals surface area contributed by atoms with Gasteiger partial charge in [-0.05, 0) is 31.0 Å². The van der Waals surface area contributed by atoms with Gasteiger partial charge in [0, 0.05) is 30.4 Å². The predicted octanol–water partition coefficient (Wildman–Crippen LogP) is 3.26. The summed E-state index contributed by atoms with van der Waals surface area (Å²) in [6, 6.07) is 13.1. The Labute approximate surface area is 131 Å². The van der Waals surface area contributed by atoms with Gasteiger partial charge in [-0.3, -0.25) is 4.90 Å². The van der Waals surface area contributed by atoms with Crippen LogP contribution in [0, 0.1) is 18.3 Å². The normalized spacial score (nSPS) is 17.1. The zero-order valence-corrected chi connectivity index (χ0v) is 13.1. The molecular weight excluding hydrogens is 274 g/mol. The lowest BCUT2D eigenvalue weighted by Crippen LogP contribution is -2.37. The van der Waals surface area contributed by atoms with Gasteiger partial charge in [-0.15, -0.1) is 0 Å². The second-order valence-corrected chi connectivity index (χ2v) is 5.78. The Morgan fingerprint density at radius 1 is 1.23 bits per heavy atom. The highest BCUT2D eigenvalue weighted by Crippen LogP contribution is 2.27. The first-order valence-corrected chi connectivity index (χ1v) is 7.71. The molecule has 0 spiro atoms. The van der Waals surface area contributed by atoms with Crippen LogP contribution in [-0.2, 0) is 4.74 Å². The van der Waals surface area contributed by atoms with Crippen molar-refractivity contribution in [3.8, 4) is 17.2 Å². The van der Waals surface area contributed by atoms with E-state index in [-0.39, 0.29) is 0 Å². The molecule has 1 atom stereocenters. The summed E-state index contributed by atoms with van der Waals surface area (Å²) in [6.07, 6.45) is 0. The molecule has 0 amide bonds. The number of ether oxygens (including phenoxy) is 1. The van der Waals surface area contributed by atoms with Crippen molar-refractivity contribution in [3.63, 3.8) is 0 Å². The molecule has 2 heterocycles. The van der Waals surface area contributed by atoms with Crippen LogP contribution in [0.2, 0.25) is 0 Å². The van der Waals surface area contributed by atoms with Crippen LogP contribution in [0.5, 0.6) is 0 Å². The van der Waals surface area contributed by atoms with Gasteiger partial charge in [-0.1, -0.05) is 24.3 Å². The van der Waals surface area contributed by atoms with Crippen LogP contribution < -0.4 is 0 Å². The fraction of sp³-hybridized carbons (Fsp3) is 0.389. The molecule has 4 nitrogen and oxygen atoms in total. The van der Waals surface area contributed by atoms with Gasteiger partial charge in [-0.2, -0.15) is 5.26 Å². The lowest BCUT2D eigenvalue weighted by molar-refractivity contribution is 0.0198. The van der Waals surface area contributed by atoms with Crippen molar-refractivity contribution in [1.29, 1.82) is 5.26 Å². The Morgan fingerprint density at radius 3 is 2.50 bits per heavy atom. The topological polar surface area (TPSA) is 52.0 Å². The second-order valence-electron chi connectivity index (χ2n) is 5.78. The van der Waals surface area contributed by atoms with E-state index in [0.717, 1.165) is 43.1 Å². The monoisotopic (exact) mass is 295 g/mol. The number of benzene rings is 1. The summed E-state index contributed by atoms with van der Waals surface area (Å²) in [5.41, 5.74) is 5.21. The SMILES string of the molecule is Cc1[nH]c(C#N)cc1-c1ccc([C@@H](C)N2CCOCC2)cc1. The van der Waals surface area contributed by atoms with E-state index >= 15 is 0 Å². The minimum Gasteiger partial charge on any atom is -0.379 e. The molecule has 1 aliphatic heterocycles. The van der Waals surface area contributed by atoms with Gasteiger partial charge >= 0.3 is 0 Å². The van der Waals surface area contributed by atoms with E-state index in [0.29, 0.717) is 11.7 Å². The second kappa shape index (κ2) is 6.35. The number of nitrogens with zero attached hydrogens (tertiary/aromatic N) is 2. The Hall–Kier alpha value is -2.09. The average molecular weight is 295 g/mol. The van der Waals surface area contributed by atoms with Gasteiger partial charge < -0.3 is 9.72 Å². The first-order chi connectivity index (χ1) is 10.7. The molecule has 22 heavy (non-hydrogen) atoms. The lowest BCUT2D eigenvalue weighted by Gasteiger charge is -2.32. The number of aryl methyl sites for hydroxylation is 1. The first kappa shape index (κ1) is 14.8. The van der Waals surface area contributed by atoms with E-state index in [1.807, 2.05) is 13.0 Å². The highest BCUT2D eigenvalue weighted by atomic mass is 16.5. The number of nitriles is 1. The van der Waals surface area contributed by atoms with Crippen molar-refractivity contribution in [2.24, 2.45) is 0 Å². The zero-order chi connectivity index (χ0) is 15.5. The third-order valence-corrected chi connectivity index (χ3v) is 4.43. The molecule has 1 saturated heterocycles. The van der Waals surface area contributed by atoms with Crippen molar-refractivity contribution < 1.29 is 4.74 Å². The molecule has 0 aliphatic carbocycles. The average Bonchev–Trinajstić information content (AvgIpc) is 2.96. The number of rotatable bonds is 3. The molecule has 4 heteroatoms. The summed E-state index contributed by atoms with van der Waals surface area (Å²) >= 11 is 0. The van der Waals surface area contributed by atoms with E-state index in [1.165, 1.54) is 5.56 Å². The largest absolute Gasteiger partial charge is 0.379 e. The number of H-pyrrole nitrogens is 1. The minimum atomic E-state index is 0.403. The minimum absolute atomic E-state index is 0.403. The van der Waals surface area contributed by atoms with Gasteiger partial charge in [0.05, 0.1) is 13.2 Å². The number of hydrogen-bond acceptors (Lipinski definition) is 3. The number of morpholine rings is 1. The summed E-state index contributed by atoms with van der Waals surface area (Å²) in [5, 5.41) is 8.99. The third kappa shape index (κ3) is 2.92. The van der Waals surface area contributed by atoms with Crippen molar-refractivity contribution in [1.82, 2.24) is 9.88 Å². The number of hydrogen-bond donors (Lipinski definition) is 1. The third-order valence-electron chi connectivity index (χ3n) is 4.43. The summed E-state index contributed by atoms with van der Waals surface area (Å²) in [7, 11) is 0. The summed E-state index contributed by atoms with van der Waals surface area (Å²) in [6.45, 7) is 7.87. The molecule has 0 radical (unpaired) electrons. The molecule has 0 saturated carbocycles. The standard InChI is InChI=1S/C18H21N3O/c1-13-18(11-17(12-19)20-13)16-5-3-15(4-6-16)14(2)21-7-9-22-10-8-21/h3-6,11,14,20H,7-10H2,1-2H3/t14-/m1/s1. The van der Waals surface area contributed by atoms with Gasteiger partial charge in [0.25, 0.3) is 0 Å². The van der Waals surface area contributed by atoms with Gasteiger partial charge in [0.15, 0.2) is 0 Å². The van der Waals surface area contributed by atoms with E-state index in [4.69, 9.17) is 10.00 Å². The highest BCUT2D eigenvalue weighted by molar-refractivity contribution is 5.68. The van der Waals surface area contributed by atoms with Crippen LogP contribution in [-0.4, -0.2) is 36.2 Å². The Morgan fingerprint density at radius 2 is 1.91 bits per heavy atom. The maximum absolute atomic E-state index is 8.99. The van der Waals surface area contributed by atoms with Crippen LogP contribution in [0.25, 0.3) is 11.1 Å². The van der Waals surface area contributed by atoms with Crippen LogP contribution in [0.4, 0.5) is 0 Å². The number of aromatic amines is 1. The maximum atomic E-state index is 8.99. The molecule has 2 aromatic rings. The molecule has 3 rings (SSSR count). The van der Waals surface area contributed by atoms with E-state index in [1.54, 1.807) is 0 Å². The summed E-state index contributed by atoms with van der Waals surface area (Å²) in [5.74, 6) is 0. The fourth-order valence-corrected chi connectivity index (χ4v) is 3.03. The first-order valence-electron chi connectivity index (χ1n) is 7.71. The van der Waals surface area contributed by atoms with Crippen molar-refractivity contribution in [2.45, 2.75) is 19.9 Å². The summed E-state index contributed by atoms with van der Waals surface area (Å²) < 4.78 is 5.42. The molecule has 1 aliphatic rings. The van der Waals surface area contributed by atoms with Crippen LogP contribution in [0.15, 0.2) is 30.3 Å². The zero-order valence-electron chi connectivity index (χ0n) is 13.1.